The standard InChI is InChI=1S/C14H13ClO3/c1-17-12-3-4-13(14(8-12)18-2)9-5-10(15)7-11(16)6-9/h3-8,16H,1-2H3. The molecule has 0 bridgehead atoms. The summed E-state index contributed by atoms with van der Waals surface area (Å²) in [6, 6.07) is 10.4. The Morgan fingerprint density at radius 2 is 1.78 bits per heavy atom. The second kappa shape index (κ2) is 5.19. The van der Waals surface area contributed by atoms with Crippen molar-refractivity contribution in [1.29, 1.82) is 0 Å². The van der Waals surface area contributed by atoms with Crippen molar-refractivity contribution in [3.05, 3.63) is 41.4 Å². The highest BCUT2D eigenvalue weighted by Gasteiger charge is 2.09. The molecule has 0 saturated carbocycles. The Morgan fingerprint density at radius 1 is 1.00 bits per heavy atom. The minimum Gasteiger partial charge on any atom is -0.508 e. The fourth-order valence-corrected chi connectivity index (χ4v) is 2.00. The van der Waals surface area contributed by atoms with Crippen molar-refractivity contribution in [2.24, 2.45) is 0 Å². The Kier molecular flexibility index (Phi) is 3.63. The van der Waals surface area contributed by atoms with E-state index < -0.39 is 0 Å². The number of halogens is 1. The molecule has 0 aliphatic carbocycles. The van der Waals surface area contributed by atoms with Gasteiger partial charge in [0, 0.05) is 16.7 Å². The van der Waals surface area contributed by atoms with Gasteiger partial charge in [0.15, 0.2) is 0 Å². The third kappa shape index (κ3) is 2.51. The Bertz CT molecular complexity index is 547. The molecule has 0 fully saturated rings. The summed E-state index contributed by atoms with van der Waals surface area (Å²) in [5.41, 5.74) is 1.63. The van der Waals surface area contributed by atoms with Gasteiger partial charge in [0.25, 0.3) is 0 Å². The molecule has 2 aromatic rings. The second-order valence-electron chi connectivity index (χ2n) is 3.76. The largest absolute Gasteiger partial charge is 0.508 e. The summed E-state index contributed by atoms with van der Waals surface area (Å²) in [4.78, 5) is 0. The van der Waals surface area contributed by atoms with Crippen molar-refractivity contribution in [3.63, 3.8) is 0 Å². The van der Waals surface area contributed by atoms with Gasteiger partial charge >= 0.3 is 0 Å². The van der Waals surface area contributed by atoms with Crippen LogP contribution in [0, 0.1) is 0 Å². The molecule has 0 spiro atoms. The Morgan fingerprint density at radius 3 is 2.39 bits per heavy atom. The van der Waals surface area contributed by atoms with Gasteiger partial charge in [-0.3, -0.25) is 0 Å². The van der Waals surface area contributed by atoms with Crippen molar-refractivity contribution in [3.8, 4) is 28.4 Å². The maximum Gasteiger partial charge on any atom is 0.130 e. The molecule has 4 heteroatoms. The van der Waals surface area contributed by atoms with Crippen molar-refractivity contribution >= 4 is 11.6 Å². The number of hydrogen-bond acceptors (Lipinski definition) is 3. The summed E-state index contributed by atoms with van der Waals surface area (Å²) in [5, 5.41) is 10.0. The van der Waals surface area contributed by atoms with Gasteiger partial charge in [0.05, 0.1) is 14.2 Å². The van der Waals surface area contributed by atoms with E-state index in [2.05, 4.69) is 0 Å². The van der Waals surface area contributed by atoms with Crippen molar-refractivity contribution in [1.82, 2.24) is 0 Å². The van der Waals surface area contributed by atoms with Crippen LogP contribution in [0.4, 0.5) is 0 Å². The summed E-state index contributed by atoms with van der Waals surface area (Å²) in [6.45, 7) is 0. The maximum atomic E-state index is 9.57. The van der Waals surface area contributed by atoms with Crippen LogP contribution in [0.2, 0.25) is 5.02 Å². The molecule has 18 heavy (non-hydrogen) atoms. The van der Waals surface area contributed by atoms with E-state index in [0.29, 0.717) is 16.5 Å². The van der Waals surface area contributed by atoms with Gasteiger partial charge in [-0.15, -0.1) is 0 Å². The number of phenols is 1. The summed E-state index contributed by atoms with van der Waals surface area (Å²) >= 11 is 5.93. The average molecular weight is 265 g/mol. The van der Waals surface area contributed by atoms with Crippen LogP contribution in [0.5, 0.6) is 17.2 Å². The first-order chi connectivity index (χ1) is 8.63. The van der Waals surface area contributed by atoms with Crippen LogP contribution in [0.1, 0.15) is 0 Å². The van der Waals surface area contributed by atoms with Crippen LogP contribution >= 0.6 is 11.6 Å². The molecule has 2 rings (SSSR count). The van der Waals surface area contributed by atoms with Gasteiger partial charge in [0.1, 0.15) is 17.2 Å². The average Bonchev–Trinajstić information content (AvgIpc) is 2.36. The molecule has 0 heterocycles. The van der Waals surface area contributed by atoms with Crippen LogP contribution in [0.3, 0.4) is 0 Å². The van der Waals surface area contributed by atoms with Gasteiger partial charge in [0.2, 0.25) is 0 Å². The molecule has 0 atom stereocenters. The van der Waals surface area contributed by atoms with E-state index in [-0.39, 0.29) is 5.75 Å². The first-order valence-corrected chi connectivity index (χ1v) is 5.74. The van der Waals surface area contributed by atoms with Crippen LogP contribution in [-0.2, 0) is 0 Å². The van der Waals surface area contributed by atoms with Crippen LogP contribution in [0.25, 0.3) is 11.1 Å². The zero-order valence-corrected chi connectivity index (χ0v) is 10.9. The van der Waals surface area contributed by atoms with Crippen LogP contribution < -0.4 is 9.47 Å². The van der Waals surface area contributed by atoms with E-state index in [1.54, 1.807) is 32.4 Å². The third-order valence-electron chi connectivity index (χ3n) is 2.60. The lowest BCUT2D eigenvalue weighted by molar-refractivity contribution is 0.395. The van der Waals surface area contributed by atoms with E-state index in [1.807, 2.05) is 12.1 Å². The number of ether oxygens (including phenoxy) is 2. The number of hydrogen-bond donors (Lipinski definition) is 1. The molecule has 0 radical (unpaired) electrons. The van der Waals surface area contributed by atoms with Gasteiger partial charge in [-0.2, -0.15) is 0 Å². The summed E-state index contributed by atoms with van der Waals surface area (Å²) in [7, 11) is 3.18. The predicted molar refractivity (Wildman–Crippen MR) is 71.7 cm³/mol. The minimum atomic E-state index is 0.121. The molecule has 0 aliphatic heterocycles. The Labute approximate surface area is 111 Å². The normalized spacial score (nSPS) is 10.2. The molecule has 0 amide bonds. The molecular formula is C14H13ClO3. The van der Waals surface area contributed by atoms with E-state index in [0.717, 1.165) is 11.1 Å². The van der Waals surface area contributed by atoms with Gasteiger partial charge < -0.3 is 14.6 Å². The Balaban J connectivity index is 2.55. The second-order valence-corrected chi connectivity index (χ2v) is 4.20. The Hall–Kier alpha value is -1.87. The van der Waals surface area contributed by atoms with Gasteiger partial charge in [-0.05, 0) is 35.9 Å². The zero-order chi connectivity index (χ0) is 13.1. The van der Waals surface area contributed by atoms with Crippen LogP contribution in [0.15, 0.2) is 36.4 Å². The quantitative estimate of drug-likeness (QED) is 0.918. The van der Waals surface area contributed by atoms with E-state index in [4.69, 9.17) is 21.1 Å². The van der Waals surface area contributed by atoms with Gasteiger partial charge in [-0.1, -0.05) is 11.6 Å². The lowest BCUT2D eigenvalue weighted by Crippen LogP contribution is -1.90. The van der Waals surface area contributed by atoms with E-state index >= 15 is 0 Å². The summed E-state index contributed by atoms with van der Waals surface area (Å²) in [6.07, 6.45) is 0. The first kappa shape index (κ1) is 12.6. The summed E-state index contributed by atoms with van der Waals surface area (Å²) in [5.74, 6) is 1.49. The topological polar surface area (TPSA) is 38.7 Å². The number of benzene rings is 2. The van der Waals surface area contributed by atoms with Gasteiger partial charge in [-0.25, -0.2) is 0 Å². The van der Waals surface area contributed by atoms with Crippen molar-refractivity contribution < 1.29 is 14.6 Å². The van der Waals surface area contributed by atoms with E-state index in [1.165, 1.54) is 6.07 Å². The fourth-order valence-electron chi connectivity index (χ4n) is 1.77. The molecular weight excluding hydrogens is 252 g/mol. The number of rotatable bonds is 3. The van der Waals surface area contributed by atoms with Crippen molar-refractivity contribution in [2.45, 2.75) is 0 Å². The highest BCUT2D eigenvalue weighted by Crippen LogP contribution is 2.36. The predicted octanol–water partition coefficient (Wildman–Crippen LogP) is 3.73. The molecule has 1 N–H and O–H groups in total. The molecule has 0 unspecified atom stereocenters. The number of aromatic hydroxyl groups is 1. The molecule has 3 nitrogen and oxygen atoms in total. The smallest absolute Gasteiger partial charge is 0.130 e. The van der Waals surface area contributed by atoms with Crippen LogP contribution in [-0.4, -0.2) is 19.3 Å². The maximum absolute atomic E-state index is 9.57. The monoisotopic (exact) mass is 264 g/mol. The van der Waals surface area contributed by atoms with Crippen molar-refractivity contribution in [2.75, 3.05) is 14.2 Å². The fraction of sp³-hybridized carbons (Fsp3) is 0.143. The molecule has 2 aromatic carbocycles. The number of methoxy groups -OCH3 is 2. The molecule has 0 saturated heterocycles. The van der Waals surface area contributed by atoms with E-state index in [9.17, 15) is 5.11 Å². The highest BCUT2D eigenvalue weighted by molar-refractivity contribution is 6.31. The SMILES string of the molecule is COc1ccc(-c2cc(O)cc(Cl)c2)c(OC)c1. The first-order valence-electron chi connectivity index (χ1n) is 5.36. The minimum absolute atomic E-state index is 0.121. The number of phenolic OH excluding ortho intramolecular Hbond substituents is 1. The summed E-state index contributed by atoms with van der Waals surface area (Å²) < 4.78 is 10.5. The molecule has 94 valence electrons. The lowest BCUT2D eigenvalue weighted by Gasteiger charge is -2.11. The molecule has 0 aromatic heterocycles. The third-order valence-corrected chi connectivity index (χ3v) is 2.82. The lowest BCUT2D eigenvalue weighted by atomic mass is 10.0. The molecule has 0 aliphatic rings. The highest BCUT2D eigenvalue weighted by atomic mass is 35.5. The zero-order valence-electron chi connectivity index (χ0n) is 10.1.